The van der Waals surface area contributed by atoms with Crippen molar-refractivity contribution in [3.63, 3.8) is 0 Å². The molecule has 1 atom stereocenters. The van der Waals surface area contributed by atoms with Gasteiger partial charge < -0.3 is 15.3 Å². The van der Waals surface area contributed by atoms with Gasteiger partial charge in [-0.25, -0.2) is 22.2 Å². The number of aromatic nitrogens is 3. The lowest BCUT2D eigenvalue weighted by Gasteiger charge is -2.34. The number of pyridine rings is 1. The van der Waals surface area contributed by atoms with Crippen molar-refractivity contribution in [2.24, 2.45) is 7.05 Å². The fraction of sp³-hybridized carbons (Fsp3) is 0.400. The highest BCUT2D eigenvalue weighted by Gasteiger charge is 2.27. The largest absolute Gasteiger partial charge is 0.378 e. The van der Waals surface area contributed by atoms with Crippen LogP contribution in [-0.4, -0.2) is 95.1 Å². The molecule has 1 aliphatic rings. The number of aryl methyl sites for hydroxylation is 1. The maximum absolute atomic E-state index is 14.4. The van der Waals surface area contributed by atoms with E-state index >= 15 is 0 Å². The Kier molecular flexibility index (Phi) is 11.1. The van der Waals surface area contributed by atoms with E-state index < -0.39 is 33.3 Å². The Morgan fingerprint density at radius 2 is 1.70 bits per heavy atom. The standard InChI is InChI=1S/C35H40ClF2N7O4S/c1-6-44-13-15-45(16-14-44)21-30(46)40-29(19-22-17-23(37)20-24(38)18-22)32-26(8-7-25(39-32)11-12-35(2,3)47)27-9-10-28(36)31-33(27)43(4)41-34(31)42-50(5,48)49/h7-10,17-18,20,29,47H,6,13-16,19,21H2,1-5H3,(H,40,46)(H,41,42)/t29-/m0/s1. The Bertz CT molecular complexity index is 2060. The molecule has 11 nitrogen and oxygen atoms in total. The van der Waals surface area contributed by atoms with Crippen molar-refractivity contribution in [1.82, 2.24) is 29.9 Å². The molecule has 15 heteroatoms. The van der Waals surface area contributed by atoms with Crippen LogP contribution in [0.3, 0.4) is 0 Å². The predicted octanol–water partition coefficient (Wildman–Crippen LogP) is 4.10. The number of hydrogen-bond donors (Lipinski definition) is 3. The van der Waals surface area contributed by atoms with Crippen molar-refractivity contribution in [3.8, 4) is 23.0 Å². The van der Waals surface area contributed by atoms with Crippen molar-refractivity contribution in [2.75, 3.05) is 50.2 Å². The number of amides is 1. The number of fused-ring (bicyclic) bond motifs is 1. The Balaban J connectivity index is 1.67. The van der Waals surface area contributed by atoms with Gasteiger partial charge in [-0.3, -0.25) is 19.1 Å². The number of sulfonamides is 1. The molecule has 3 heterocycles. The highest BCUT2D eigenvalue weighted by atomic mass is 35.5. The smallest absolute Gasteiger partial charge is 0.234 e. The van der Waals surface area contributed by atoms with Crippen molar-refractivity contribution >= 4 is 44.3 Å². The van der Waals surface area contributed by atoms with E-state index in [9.17, 15) is 27.1 Å². The summed E-state index contributed by atoms with van der Waals surface area (Å²) < 4.78 is 57.2. The first-order chi connectivity index (χ1) is 23.5. The minimum atomic E-state index is -3.72. The number of hydrogen-bond acceptors (Lipinski definition) is 8. The van der Waals surface area contributed by atoms with E-state index in [0.717, 1.165) is 32.0 Å². The summed E-state index contributed by atoms with van der Waals surface area (Å²) in [6, 6.07) is 9.00. The summed E-state index contributed by atoms with van der Waals surface area (Å²) in [4.78, 5) is 22.9. The monoisotopic (exact) mass is 727 g/mol. The molecule has 1 saturated heterocycles. The third-order valence-corrected chi connectivity index (χ3v) is 9.12. The first-order valence-corrected chi connectivity index (χ1v) is 18.4. The average molecular weight is 728 g/mol. The molecule has 1 fully saturated rings. The number of anilines is 1. The summed E-state index contributed by atoms with van der Waals surface area (Å²) in [7, 11) is -2.08. The summed E-state index contributed by atoms with van der Waals surface area (Å²) >= 11 is 6.61. The average Bonchev–Trinajstić information content (AvgIpc) is 3.34. The highest BCUT2D eigenvalue weighted by molar-refractivity contribution is 7.92. The van der Waals surface area contributed by atoms with Crippen LogP contribution in [0.1, 0.15) is 43.8 Å². The summed E-state index contributed by atoms with van der Waals surface area (Å²) in [6.07, 6.45) is 0.975. The molecule has 2 aromatic heterocycles. The number of aliphatic hydroxyl groups is 1. The lowest BCUT2D eigenvalue weighted by molar-refractivity contribution is -0.123. The molecule has 266 valence electrons. The zero-order chi connectivity index (χ0) is 36.4. The summed E-state index contributed by atoms with van der Waals surface area (Å²) in [6.45, 7) is 9.27. The van der Waals surface area contributed by atoms with Crippen LogP contribution >= 0.6 is 11.6 Å². The highest BCUT2D eigenvalue weighted by Crippen LogP contribution is 2.40. The minimum absolute atomic E-state index is 0.0299. The second-order valence-electron chi connectivity index (χ2n) is 12.9. The third kappa shape index (κ3) is 9.35. The van der Waals surface area contributed by atoms with E-state index in [4.69, 9.17) is 16.6 Å². The normalized spacial score (nSPS) is 15.1. The number of likely N-dealkylation sites (N-methyl/N-ethyl adjacent to an activating group) is 1. The predicted molar refractivity (Wildman–Crippen MR) is 190 cm³/mol. The number of carbonyl (C=O) groups excluding carboxylic acids is 1. The molecule has 0 radical (unpaired) electrons. The van der Waals surface area contributed by atoms with E-state index in [1.807, 2.05) is 0 Å². The Morgan fingerprint density at radius 3 is 2.32 bits per heavy atom. The van der Waals surface area contributed by atoms with Gasteiger partial charge >= 0.3 is 0 Å². The number of benzene rings is 2. The maximum atomic E-state index is 14.4. The van der Waals surface area contributed by atoms with Gasteiger partial charge in [0, 0.05) is 50.4 Å². The lowest BCUT2D eigenvalue weighted by Crippen LogP contribution is -2.49. The molecule has 0 bridgehead atoms. The fourth-order valence-electron chi connectivity index (χ4n) is 5.98. The molecule has 0 spiro atoms. The first-order valence-electron chi connectivity index (χ1n) is 16.1. The number of piperazine rings is 1. The third-order valence-electron chi connectivity index (χ3n) is 8.24. The number of carbonyl (C=O) groups is 1. The van der Waals surface area contributed by atoms with Crippen molar-refractivity contribution in [1.29, 1.82) is 0 Å². The zero-order valence-corrected chi connectivity index (χ0v) is 30.1. The number of halogens is 3. The van der Waals surface area contributed by atoms with Gasteiger partial charge in [0.25, 0.3) is 0 Å². The van der Waals surface area contributed by atoms with Gasteiger partial charge in [-0.15, -0.1) is 0 Å². The SMILES string of the molecule is CCN1CCN(CC(=O)N[C@@H](Cc2cc(F)cc(F)c2)c2nc(C#CC(C)(C)O)ccc2-c2ccc(Cl)c3c(NS(C)(=O)=O)nn(C)c23)CC1. The minimum Gasteiger partial charge on any atom is -0.378 e. The molecule has 1 amide bonds. The molecule has 0 unspecified atom stereocenters. The number of rotatable bonds is 10. The second kappa shape index (κ2) is 15.0. The Hall–Kier alpha value is -4.13. The van der Waals surface area contributed by atoms with Gasteiger partial charge in [0.2, 0.25) is 15.9 Å². The molecule has 0 aliphatic carbocycles. The van der Waals surface area contributed by atoms with Gasteiger partial charge in [-0.2, -0.15) is 5.10 Å². The molecular weight excluding hydrogens is 688 g/mol. The van der Waals surface area contributed by atoms with Crippen molar-refractivity contribution in [3.05, 3.63) is 76.1 Å². The molecule has 1 aliphatic heterocycles. The molecule has 2 aromatic carbocycles. The molecule has 50 heavy (non-hydrogen) atoms. The van der Waals surface area contributed by atoms with Crippen molar-refractivity contribution < 1.29 is 27.1 Å². The fourth-order valence-corrected chi connectivity index (χ4v) is 6.72. The number of nitrogens with one attached hydrogen (secondary N) is 2. The van der Waals surface area contributed by atoms with E-state index in [-0.39, 0.29) is 41.0 Å². The van der Waals surface area contributed by atoms with E-state index in [1.165, 1.54) is 30.7 Å². The quantitative estimate of drug-likeness (QED) is 0.208. The number of nitrogens with zero attached hydrogens (tertiary/aromatic N) is 5. The molecule has 3 N–H and O–H groups in total. The summed E-state index contributed by atoms with van der Waals surface area (Å²) in [5.41, 5.74) is 1.09. The summed E-state index contributed by atoms with van der Waals surface area (Å²) in [5.74, 6) is 3.83. The Morgan fingerprint density at radius 1 is 1.06 bits per heavy atom. The van der Waals surface area contributed by atoms with Crippen LogP contribution in [0.2, 0.25) is 5.02 Å². The van der Waals surface area contributed by atoms with Crippen molar-refractivity contribution in [2.45, 2.75) is 38.8 Å². The lowest BCUT2D eigenvalue weighted by atomic mass is 9.93. The van der Waals surface area contributed by atoms with Crippen LogP contribution in [0, 0.1) is 23.5 Å². The Labute approximate surface area is 295 Å². The topological polar surface area (TPSA) is 133 Å². The van der Waals surface area contributed by atoms with Crippen LogP contribution in [0.4, 0.5) is 14.6 Å². The van der Waals surface area contributed by atoms with Crippen LogP contribution in [0.25, 0.3) is 22.0 Å². The first kappa shape index (κ1) is 37.1. The van der Waals surface area contributed by atoms with Gasteiger partial charge in [0.1, 0.15) is 22.9 Å². The van der Waals surface area contributed by atoms with Crippen LogP contribution in [0.15, 0.2) is 42.5 Å². The second-order valence-corrected chi connectivity index (χ2v) is 15.1. The molecule has 5 rings (SSSR count). The van der Waals surface area contributed by atoms with Crippen LogP contribution in [-0.2, 0) is 28.3 Å². The molecule has 0 saturated carbocycles. The van der Waals surface area contributed by atoms with Gasteiger partial charge in [0.05, 0.1) is 40.5 Å². The van der Waals surface area contributed by atoms with E-state index in [2.05, 4.69) is 43.7 Å². The molecular formula is C35H40ClF2N7O4S. The van der Waals surface area contributed by atoms with Gasteiger partial charge in [-0.1, -0.05) is 30.5 Å². The van der Waals surface area contributed by atoms with Crippen LogP contribution in [0.5, 0.6) is 0 Å². The van der Waals surface area contributed by atoms with Gasteiger partial charge in [-0.05, 0) is 68.6 Å². The van der Waals surface area contributed by atoms with E-state index in [1.54, 1.807) is 31.3 Å². The van der Waals surface area contributed by atoms with Gasteiger partial charge in [0.15, 0.2) is 5.82 Å². The molecule has 4 aromatic rings. The summed E-state index contributed by atoms with van der Waals surface area (Å²) in [5, 5.41) is 18.3. The van der Waals surface area contributed by atoms with E-state index in [0.29, 0.717) is 40.8 Å². The van der Waals surface area contributed by atoms with Crippen LogP contribution < -0.4 is 10.0 Å². The zero-order valence-electron chi connectivity index (χ0n) is 28.5. The maximum Gasteiger partial charge on any atom is 0.234 e.